The topological polar surface area (TPSA) is 61.1 Å². The summed E-state index contributed by atoms with van der Waals surface area (Å²) in [6, 6.07) is 4.69. The molecule has 0 atom stereocenters. The molecule has 1 aromatic rings. The van der Waals surface area contributed by atoms with Crippen molar-refractivity contribution in [3.8, 4) is 6.07 Å². The second kappa shape index (κ2) is 4.23. The van der Waals surface area contributed by atoms with E-state index in [4.69, 9.17) is 10.4 Å². The van der Waals surface area contributed by atoms with Gasteiger partial charge in [0.05, 0.1) is 23.6 Å². The lowest BCUT2D eigenvalue weighted by Gasteiger charge is -2.12. The Balaban J connectivity index is 3.39. The van der Waals surface area contributed by atoms with Gasteiger partial charge in [-0.2, -0.15) is 18.4 Å². The first-order chi connectivity index (χ1) is 7.36. The number of hydrogen-bond acceptors (Lipinski definition) is 2. The summed E-state index contributed by atoms with van der Waals surface area (Å²) in [4.78, 5) is 10.4. The molecular weight excluding hydrogens is 223 g/mol. The van der Waals surface area contributed by atoms with Gasteiger partial charge in [0.1, 0.15) is 0 Å². The summed E-state index contributed by atoms with van der Waals surface area (Å²) in [6.07, 6.45) is -5.48. The van der Waals surface area contributed by atoms with E-state index in [0.717, 1.165) is 12.1 Å². The van der Waals surface area contributed by atoms with E-state index in [2.05, 4.69) is 0 Å². The van der Waals surface area contributed by atoms with Crippen LogP contribution in [0, 0.1) is 11.3 Å². The summed E-state index contributed by atoms with van der Waals surface area (Å²) < 4.78 is 37.8. The first-order valence-electron chi connectivity index (χ1n) is 4.17. The molecule has 0 heterocycles. The van der Waals surface area contributed by atoms with Gasteiger partial charge in [-0.25, -0.2) is 0 Å². The van der Waals surface area contributed by atoms with Crippen molar-refractivity contribution in [2.45, 2.75) is 12.6 Å². The molecular formula is C10H6F3NO2. The summed E-state index contributed by atoms with van der Waals surface area (Å²) in [5, 5.41) is 17.0. The molecule has 1 N–H and O–H groups in total. The second-order valence-corrected chi connectivity index (χ2v) is 3.02. The van der Waals surface area contributed by atoms with Crippen LogP contribution in [0.15, 0.2) is 18.2 Å². The van der Waals surface area contributed by atoms with Crippen LogP contribution < -0.4 is 0 Å². The predicted octanol–water partition coefficient (Wildman–Crippen LogP) is 2.20. The summed E-state index contributed by atoms with van der Waals surface area (Å²) in [5.74, 6) is -1.37. The fourth-order valence-corrected chi connectivity index (χ4v) is 1.34. The minimum absolute atomic E-state index is 0.404. The normalized spacial score (nSPS) is 10.9. The van der Waals surface area contributed by atoms with Crippen molar-refractivity contribution in [3.05, 3.63) is 34.9 Å². The fourth-order valence-electron chi connectivity index (χ4n) is 1.34. The van der Waals surface area contributed by atoms with Crippen LogP contribution >= 0.6 is 0 Å². The Kier molecular flexibility index (Phi) is 3.18. The van der Waals surface area contributed by atoms with Crippen LogP contribution in [0.25, 0.3) is 0 Å². The molecule has 84 valence electrons. The number of hydrogen-bond donors (Lipinski definition) is 1. The number of nitriles is 1. The highest BCUT2D eigenvalue weighted by molar-refractivity contribution is 5.71. The van der Waals surface area contributed by atoms with Gasteiger partial charge in [0.15, 0.2) is 0 Å². The third-order valence-electron chi connectivity index (χ3n) is 1.90. The molecule has 0 radical (unpaired) electrons. The number of rotatable bonds is 2. The number of carboxylic acid groups (broad SMARTS) is 1. The molecule has 0 saturated carbocycles. The zero-order valence-electron chi connectivity index (χ0n) is 7.88. The first kappa shape index (κ1) is 12.0. The largest absolute Gasteiger partial charge is 0.481 e. The standard InChI is InChI=1S/C10H6F3NO2/c11-10(12,13)9-6(4-8(15)16)2-1-3-7(9)5-14/h1-3H,4H2,(H,15,16). The van der Waals surface area contributed by atoms with E-state index in [1.165, 1.54) is 12.1 Å². The van der Waals surface area contributed by atoms with E-state index in [1.807, 2.05) is 0 Å². The van der Waals surface area contributed by atoms with Crippen LogP contribution in [0.5, 0.6) is 0 Å². The molecule has 0 aliphatic rings. The van der Waals surface area contributed by atoms with Crippen molar-refractivity contribution in [1.82, 2.24) is 0 Å². The Morgan fingerprint density at radius 2 is 2.06 bits per heavy atom. The summed E-state index contributed by atoms with van der Waals surface area (Å²) in [6.45, 7) is 0. The highest BCUT2D eigenvalue weighted by atomic mass is 19.4. The van der Waals surface area contributed by atoms with E-state index in [0.29, 0.717) is 0 Å². The van der Waals surface area contributed by atoms with Crippen molar-refractivity contribution in [3.63, 3.8) is 0 Å². The van der Waals surface area contributed by atoms with Gasteiger partial charge in [0.25, 0.3) is 0 Å². The molecule has 0 unspecified atom stereocenters. The third-order valence-corrected chi connectivity index (χ3v) is 1.90. The molecule has 1 aromatic carbocycles. The average molecular weight is 229 g/mol. The molecule has 0 bridgehead atoms. The van der Waals surface area contributed by atoms with Crippen molar-refractivity contribution < 1.29 is 23.1 Å². The Labute approximate surface area is 88.7 Å². The Hall–Kier alpha value is -2.03. The van der Waals surface area contributed by atoms with Crippen LogP contribution in [0.3, 0.4) is 0 Å². The summed E-state index contributed by atoms with van der Waals surface area (Å²) in [5.41, 5.74) is -2.13. The molecule has 0 spiro atoms. The van der Waals surface area contributed by atoms with Gasteiger partial charge in [0.2, 0.25) is 0 Å². The molecule has 1 rings (SSSR count). The highest BCUT2D eigenvalue weighted by Crippen LogP contribution is 2.34. The Morgan fingerprint density at radius 3 is 2.50 bits per heavy atom. The van der Waals surface area contributed by atoms with Gasteiger partial charge in [-0.1, -0.05) is 12.1 Å². The van der Waals surface area contributed by atoms with Crippen LogP contribution in [-0.4, -0.2) is 11.1 Å². The van der Waals surface area contributed by atoms with Crippen molar-refractivity contribution in [2.24, 2.45) is 0 Å². The molecule has 16 heavy (non-hydrogen) atoms. The van der Waals surface area contributed by atoms with Crippen LogP contribution in [-0.2, 0) is 17.4 Å². The maximum atomic E-state index is 12.6. The SMILES string of the molecule is N#Cc1cccc(CC(=O)O)c1C(F)(F)F. The quantitative estimate of drug-likeness (QED) is 0.845. The average Bonchev–Trinajstić information content (AvgIpc) is 2.14. The van der Waals surface area contributed by atoms with Crippen LogP contribution in [0.4, 0.5) is 13.2 Å². The molecule has 0 amide bonds. The van der Waals surface area contributed by atoms with Gasteiger partial charge in [-0.3, -0.25) is 4.79 Å². The van der Waals surface area contributed by atoms with E-state index < -0.39 is 35.3 Å². The predicted molar refractivity (Wildman–Crippen MR) is 47.5 cm³/mol. The van der Waals surface area contributed by atoms with E-state index >= 15 is 0 Å². The zero-order valence-corrected chi connectivity index (χ0v) is 7.88. The maximum absolute atomic E-state index is 12.6. The van der Waals surface area contributed by atoms with Gasteiger partial charge in [-0.15, -0.1) is 0 Å². The van der Waals surface area contributed by atoms with Crippen molar-refractivity contribution in [2.75, 3.05) is 0 Å². The van der Waals surface area contributed by atoms with Crippen molar-refractivity contribution >= 4 is 5.97 Å². The number of aliphatic carboxylic acids is 1. The number of alkyl halides is 3. The third kappa shape index (κ3) is 2.51. The number of halogens is 3. The van der Waals surface area contributed by atoms with Crippen LogP contribution in [0.1, 0.15) is 16.7 Å². The smallest absolute Gasteiger partial charge is 0.417 e. The number of carbonyl (C=O) groups is 1. The number of nitrogens with zero attached hydrogens (tertiary/aromatic N) is 1. The second-order valence-electron chi connectivity index (χ2n) is 3.02. The van der Waals surface area contributed by atoms with E-state index in [9.17, 15) is 18.0 Å². The van der Waals surface area contributed by atoms with Crippen molar-refractivity contribution in [1.29, 1.82) is 5.26 Å². The van der Waals surface area contributed by atoms with Gasteiger partial charge >= 0.3 is 12.1 Å². The lowest BCUT2D eigenvalue weighted by atomic mass is 9.99. The van der Waals surface area contributed by atoms with Gasteiger partial charge < -0.3 is 5.11 Å². The number of carboxylic acids is 1. The molecule has 0 aliphatic carbocycles. The van der Waals surface area contributed by atoms with E-state index in [-0.39, 0.29) is 0 Å². The molecule has 0 saturated heterocycles. The Morgan fingerprint density at radius 1 is 1.44 bits per heavy atom. The van der Waals surface area contributed by atoms with Gasteiger partial charge in [0, 0.05) is 0 Å². The molecule has 0 aliphatic heterocycles. The fraction of sp³-hybridized carbons (Fsp3) is 0.200. The minimum Gasteiger partial charge on any atom is -0.481 e. The monoisotopic (exact) mass is 229 g/mol. The first-order valence-corrected chi connectivity index (χ1v) is 4.17. The highest BCUT2D eigenvalue weighted by Gasteiger charge is 2.36. The Bertz CT molecular complexity index is 460. The molecule has 3 nitrogen and oxygen atoms in total. The maximum Gasteiger partial charge on any atom is 0.417 e. The molecule has 0 aromatic heterocycles. The molecule has 0 fully saturated rings. The lowest BCUT2D eigenvalue weighted by molar-refractivity contribution is -0.139. The number of benzene rings is 1. The summed E-state index contributed by atoms with van der Waals surface area (Å²) in [7, 11) is 0. The van der Waals surface area contributed by atoms with Crippen LogP contribution in [0.2, 0.25) is 0 Å². The lowest BCUT2D eigenvalue weighted by Crippen LogP contribution is -2.14. The van der Waals surface area contributed by atoms with E-state index in [1.54, 1.807) is 0 Å². The zero-order chi connectivity index (χ0) is 12.3. The minimum atomic E-state index is -4.73. The van der Waals surface area contributed by atoms with Gasteiger partial charge in [-0.05, 0) is 11.6 Å². The molecule has 6 heteroatoms. The summed E-state index contributed by atoms with van der Waals surface area (Å²) >= 11 is 0.